The van der Waals surface area contributed by atoms with Crippen LogP contribution in [0.1, 0.15) is 5.56 Å². The van der Waals surface area contributed by atoms with E-state index in [1.807, 2.05) is 55.6 Å². The number of aliphatic imine (C=N–C) groups is 1. The molecule has 3 aromatic rings. The second-order valence-corrected chi connectivity index (χ2v) is 11.5. The van der Waals surface area contributed by atoms with E-state index in [0.29, 0.717) is 10.6 Å². The van der Waals surface area contributed by atoms with Crippen LogP contribution in [0.3, 0.4) is 0 Å². The number of hydrogen-bond acceptors (Lipinski definition) is 6. The van der Waals surface area contributed by atoms with Gasteiger partial charge in [-0.05, 0) is 64.8 Å². The number of rotatable bonds is 8. The van der Waals surface area contributed by atoms with E-state index in [0.717, 1.165) is 41.8 Å². The van der Waals surface area contributed by atoms with Crippen LogP contribution in [0.2, 0.25) is 5.02 Å². The average molecular weight is 684 g/mol. The van der Waals surface area contributed by atoms with Crippen molar-refractivity contribution in [2.75, 3.05) is 27.4 Å². The molecule has 0 amide bonds. The SMILES string of the molecule is C=C/C=c1\c(=C/C2NC2(C(=NC)N(C)C(=C)SC)c2ccc(I)cc2)c(-c2cccc(Cl)c2)nc(=NC)n1N=C. The van der Waals surface area contributed by atoms with Crippen molar-refractivity contribution in [3.05, 3.63) is 103 Å². The minimum absolute atomic E-state index is 0.136. The normalized spacial score (nSPS) is 20.0. The van der Waals surface area contributed by atoms with E-state index in [-0.39, 0.29) is 6.04 Å². The smallest absolute Gasteiger partial charge is 0.246 e. The highest BCUT2D eigenvalue weighted by atomic mass is 127. The maximum Gasteiger partial charge on any atom is 0.246 e. The van der Waals surface area contributed by atoms with Crippen LogP contribution < -0.4 is 21.5 Å². The second-order valence-electron chi connectivity index (χ2n) is 8.96. The Hall–Kier alpha value is -2.99. The summed E-state index contributed by atoms with van der Waals surface area (Å²) in [7, 11) is 5.49. The van der Waals surface area contributed by atoms with Crippen molar-refractivity contribution in [3.8, 4) is 11.3 Å². The Morgan fingerprint density at radius 1 is 1.25 bits per heavy atom. The molecular formula is C30H31ClIN7S. The summed E-state index contributed by atoms with van der Waals surface area (Å²) < 4.78 is 2.77. The molecule has 1 aliphatic rings. The van der Waals surface area contributed by atoms with Gasteiger partial charge >= 0.3 is 0 Å². The predicted molar refractivity (Wildman–Crippen MR) is 179 cm³/mol. The quantitative estimate of drug-likeness (QED) is 0.167. The highest BCUT2D eigenvalue weighted by Crippen LogP contribution is 2.42. The Morgan fingerprint density at radius 2 is 1.98 bits per heavy atom. The summed E-state index contributed by atoms with van der Waals surface area (Å²) in [6.07, 6.45) is 7.78. The molecule has 2 heterocycles. The van der Waals surface area contributed by atoms with Gasteiger partial charge in [0.2, 0.25) is 5.62 Å². The van der Waals surface area contributed by atoms with Gasteiger partial charge in [0, 0.05) is 47.2 Å². The maximum atomic E-state index is 6.41. The zero-order valence-electron chi connectivity index (χ0n) is 22.9. The Balaban J connectivity index is 2.08. The first-order valence-electron chi connectivity index (χ1n) is 12.4. The lowest BCUT2D eigenvalue weighted by Crippen LogP contribution is -2.45. The molecule has 0 spiro atoms. The number of nitrogens with one attached hydrogen (secondary N) is 1. The molecule has 1 saturated heterocycles. The number of halogens is 2. The summed E-state index contributed by atoms with van der Waals surface area (Å²) in [5.41, 5.74) is 2.49. The lowest BCUT2D eigenvalue weighted by atomic mass is 9.92. The number of allylic oxidation sites excluding steroid dienone is 1. The fourth-order valence-corrected chi connectivity index (χ4v) is 5.73. The van der Waals surface area contributed by atoms with Gasteiger partial charge in [0.05, 0.1) is 22.1 Å². The van der Waals surface area contributed by atoms with Crippen molar-refractivity contribution in [1.82, 2.24) is 19.9 Å². The summed E-state index contributed by atoms with van der Waals surface area (Å²) in [6, 6.07) is 16.0. The third kappa shape index (κ3) is 5.60. The van der Waals surface area contributed by atoms with Crippen LogP contribution in [0, 0.1) is 3.57 Å². The summed E-state index contributed by atoms with van der Waals surface area (Å²) in [4.78, 5) is 16.1. The topological polar surface area (TPSA) is 80.1 Å². The van der Waals surface area contributed by atoms with Crippen LogP contribution in [0.15, 0.2) is 87.9 Å². The molecule has 0 radical (unpaired) electrons. The molecule has 40 heavy (non-hydrogen) atoms. The van der Waals surface area contributed by atoms with Gasteiger partial charge in [0.25, 0.3) is 0 Å². The molecule has 4 rings (SSSR count). The fraction of sp³-hybridized carbons (Fsp3) is 0.200. The molecule has 2 aromatic carbocycles. The first-order valence-corrected chi connectivity index (χ1v) is 15.0. The van der Waals surface area contributed by atoms with E-state index in [1.54, 1.807) is 29.6 Å². The van der Waals surface area contributed by atoms with Gasteiger partial charge in [-0.3, -0.25) is 15.3 Å². The summed E-state index contributed by atoms with van der Waals surface area (Å²) in [6.45, 7) is 12.0. The van der Waals surface area contributed by atoms with E-state index in [4.69, 9.17) is 21.6 Å². The van der Waals surface area contributed by atoms with Gasteiger partial charge in [0.15, 0.2) is 0 Å². The molecule has 1 fully saturated rings. The fourth-order valence-electron chi connectivity index (χ4n) is 4.82. The number of aromatic nitrogens is 2. The van der Waals surface area contributed by atoms with Gasteiger partial charge in [-0.15, -0.1) is 11.8 Å². The molecule has 2 atom stereocenters. The molecular weight excluding hydrogens is 653 g/mol. The summed E-state index contributed by atoms with van der Waals surface area (Å²) >= 11 is 10.3. The second kappa shape index (κ2) is 12.7. The number of amidine groups is 1. The van der Waals surface area contributed by atoms with Crippen LogP contribution in [-0.2, 0) is 5.54 Å². The number of hydrogen-bond donors (Lipinski definition) is 1. The summed E-state index contributed by atoms with van der Waals surface area (Å²) in [5.74, 6) is 0.857. The standard InChI is InChI=1S/C30H31ClIN7S/c1-8-10-25-24(27(20-11-9-12-22(31)17-20)36-29(34-4)39(25)35-5)18-26-30(37-26,21-13-15-23(32)16-14-21)28(33-3)38(6)19(2)40-7/h8-18,26,37H,1-2,5H2,3-4,6-7H3/b24-18+,25-10+,33-28?,34-29?. The van der Waals surface area contributed by atoms with Crippen LogP contribution in [0.25, 0.3) is 23.4 Å². The molecule has 206 valence electrons. The number of benzene rings is 2. The van der Waals surface area contributed by atoms with E-state index in [9.17, 15) is 0 Å². The Labute approximate surface area is 257 Å². The van der Waals surface area contributed by atoms with Gasteiger partial charge in [0.1, 0.15) is 11.4 Å². The van der Waals surface area contributed by atoms with Crippen molar-refractivity contribution < 1.29 is 0 Å². The van der Waals surface area contributed by atoms with Crippen LogP contribution in [-0.4, -0.2) is 60.6 Å². The number of nitrogens with zero attached hydrogens (tertiary/aromatic N) is 6. The molecule has 7 nitrogen and oxygen atoms in total. The van der Waals surface area contributed by atoms with Crippen molar-refractivity contribution >= 4 is 70.7 Å². The third-order valence-corrected chi connectivity index (χ3v) is 8.47. The van der Waals surface area contributed by atoms with E-state index in [1.165, 1.54) is 0 Å². The third-order valence-electron chi connectivity index (χ3n) is 6.77. The van der Waals surface area contributed by atoms with Crippen molar-refractivity contribution in [2.45, 2.75) is 11.6 Å². The van der Waals surface area contributed by atoms with Gasteiger partial charge in [-0.1, -0.05) is 61.2 Å². The largest absolute Gasteiger partial charge is 0.327 e. The van der Waals surface area contributed by atoms with E-state index < -0.39 is 5.54 Å². The molecule has 1 N–H and O–H groups in total. The molecule has 0 bridgehead atoms. The van der Waals surface area contributed by atoms with Gasteiger partial charge < -0.3 is 4.90 Å². The minimum atomic E-state index is -0.593. The maximum absolute atomic E-state index is 6.41. The Kier molecular flexibility index (Phi) is 9.50. The first kappa shape index (κ1) is 30.0. The Bertz CT molecular complexity index is 1690. The lowest BCUT2D eigenvalue weighted by molar-refractivity contribution is 0.618. The van der Waals surface area contributed by atoms with Gasteiger partial charge in [-0.2, -0.15) is 9.78 Å². The molecule has 10 heteroatoms. The first-order chi connectivity index (χ1) is 19.2. The number of thioether (sulfide) groups is 1. The van der Waals surface area contributed by atoms with Crippen molar-refractivity contribution in [1.29, 1.82) is 0 Å². The Morgan fingerprint density at radius 3 is 2.55 bits per heavy atom. The van der Waals surface area contributed by atoms with Crippen molar-refractivity contribution in [3.63, 3.8) is 0 Å². The zero-order chi connectivity index (χ0) is 29.0. The monoisotopic (exact) mass is 683 g/mol. The summed E-state index contributed by atoms with van der Waals surface area (Å²) in [5, 5.41) is 11.1. The number of likely N-dealkylation sites (N-methyl/N-ethyl adjacent to an activating group) is 1. The molecule has 1 aromatic heterocycles. The van der Waals surface area contributed by atoms with E-state index >= 15 is 0 Å². The van der Waals surface area contributed by atoms with Crippen molar-refractivity contribution in [2.24, 2.45) is 15.1 Å². The highest BCUT2D eigenvalue weighted by molar-refractivity contribution is 14.1. The highest BCUT2D eigenvalue weighted by Gasteiger charge is 2.59. The van der Waals surface area contributed by atoms with E-state index in [2.05, 4.69) is 88.2 Å². The van der Waals surface area contributed by atoms with Crippen LogP contribution >= 0.6 is 46.0 Å². The van der Waals surface area contributed by atoms with Gasteiger partial charge in [-0.25, -0.2) is 4.98 Å². The van der Waals surface area contributed by atoms with Crippen LogP contribution in [0.5, 0.6) is 0 Å². The molecule has 0 saturated carbocycles. The molecule has 0 aliphatic carbocycles. The molecule has 1 aliphatic heterocycles. The molecule has 2 unspecified atom stereocenters. The predicted octanol–water partition coefficient (Wildman–Crippen LogP) is 4.21. The zero-order valence-corrected chi connectivity index (χ0v) is 26.6. The van der Waals surface area contributed by atoms with Crippen LogP contribution in [0.4, 0.5) is 0 Å². The lowest BCUT2D eigenvalue weighted by Gasteiger charge is -2.28. The minimum Gasteiger partial charge on any atom is -0.327 e. The average Bonchev–Trinajstić information content (AvgIpc) is 3.67.